The Hall–Kier alpha value is -1.59. The number of likely N-dealkylation sites (tertiary alicyclic amines) is 1. The molecule has 1 aliphatic heterocycles. The van der Waals surface area contributed by atoms with Crippen LogP contribution in [0.4, 0.5) is 5.69 Å². The van der Waals surface area contributed by atoms with Crippen LogP contribution in [0, 0.1) is 5.92 Å². The lowest BCUT2D eigenvalue weighted by Crippen LogP contribution is -2.38. The van der Waals surface area contributed by atoms with Crippen LogP contribution in [-0.4, -0.2) is 35.3 Å². The van der Waals surface area contributed by atoms with Crippen molar-refractivity contribution in [2.24, 2.45) is 11.7 Å². The van der Waals surface area contributed by atoms with Crippen LogP contribution < -0.4 is 11.1 Å². The largest absolute Gasteiger partial charge is 0.339 e. The highest BCUT2D eigenvalue weighted by atomic mass is 35.5. The zero-order valence-corrected chi connectivity index (χ0v) is 14.2. The van der Waals surface area contributed by atoms with Gasteiger partial charge in [0.1, 0.15) is 0 Å². The molecule has 126 valence electrons. The van der Waals surface area contributed by atoms with Crippen LogP contribution >= 0.6 is 12.4 Å². The Balaban J connectivity index is 0.00000192. The molecule has 5 nitrogen and oxygen atoms in total. The van der Waals surface area contributed by atoms with E-state index in [1.807, 2.05) is 4.90 Å². The van der Waals surface area contributed by atoms with Crippen molar-refractivity contribution in [1.29, 1.82) is 0 Å². The molecule has 3 N–H and O–H groups in total. The van der Waals surface area contributed by atoms with Crippen molar-refractivity contribution < 1.29 is 9.59 Å². The summed E-state index contributed by atoms with van der Waals surface area (Å²) in [5.74, 6) is 0.631. The predicted molar refractivity (Wildman–Crippen MR) is 92.8 cm³/mol. The van der Waals surface area contributed by atoms with Crippen molar-refractivity contribution in [1.82, 2.24) is 4.90 Å². The quantitative estimate of drug-likeness (QED) is 0.889. The summed E-state index contributed by atoms with van der Waals surface area (Å²) < 4.78 is 0. The van der Waals surface area contributed by atoms with Gasteiger partial charge in [0.15, 0.2) is 0 Å². The lowest BCUT2D eigenvalue weighted by atomic mass is 9.98. The molecule has 1 aromatic rings. The Morgan fingerprint density at radius 1 is 1.17 bits per heavy atom. The molecule has 23 heavy (non-hydrogen) atoms. The molecule has 0 radical (unpaired) electrons. The standard InChI is InChI=1S/C17H23N3O2.ClH/c1-12-6-10-20(11-7-12)15(21)13-2-4-14(5-3-13)19-16(22)17(18)8-9-17;/h2-5,12H,6-11,18H2,1H3,(H,19,22);1H. The first kappa shape index (κ1) is 17.8. The minimum atomic E-state index is -0.682. The van der Waals surface area contributed by atoms with Crippen molar-refractivity contribution in [3.05, 3.63) is 29.8 Å². The summed E-state index contributed by atoms with van der Waals surface area (Å²) in [6.45, 7) is 3.88. The monoisotopic (exact) mass is 337 g/mol. The van der Waals surface area contributed by atoms with Gasteiger partial charge < -0.3 is 16.0 Å². The molecule has 1 heterocycles. The van der Waals surface area contributed by atoms with E-state index in [0.29, 0.717) is 17.2 Å². The number of carbonyl (C=O) groups is 2. The molecular weight excluding hydrogens is 314 g/mol. The number of piperidine rings is 1. The highest BCUT2D eigenvalue weighted by molar-refractivity contribution is 6.00. The molecule has 0 bridgehead atoms. The molecule has 3 rings (SSSR count). The lowest BCUT2D eigenvalue weighted by molar-refractivity contribution is -0.118. The summed E-state index contributed by atoms with van der Waals surface area (Å²) in [4.78, 5) is 26.2. The number of rotatable bonds is 3. The highest BCUT2D eigenvalue weighted by Gasteiger charge is 2.45. The second-order valence-corrected chi connectivity index (χ2v) is 6.66. The molecule has 0 atom stereocenters. The fraction of sp³-hybridized carbons (Fsp3) is 0.529. The molecule has 1 aliphatic carbocycles. The molecule has 1 saturated carbocycles. The molecule has 1 saturated heterocycles. The summed E-state index contributed by atoms with van der Waals surface area (Å²) in [5, 5.41) is 2.81. The number of halogens is 1. The van der Waals surface area contributed by atoms with Gasteiger partial charge in [0.25, 0.3) is 5.91 Å². The predicted octanol–water partition coefficient (Wildman–Crippen LogP) is 2.41. The van der Waals surface area contributed by atoms with Gasteiger partial charge in [-0.3, -0.25) is 9.59 Å². The van der Waals surface area contributed by atoms with Gasteiger partial charge in [-0.05, 0) is 55.9 Å². The fourth-order valence-electron chi connectivity index (χ4n) is 2.71. The van der Waals surface area contributed by atoms with Crippen LogP contribution in [0.3, 0.4) is 0 Å². The van der Waals surface area contributed by atoms with Gasteiger partial charge in [0.2, 0.25) is 5.91 Å². The van der Waals surface area contributed by atoms with Gasteiger partial charge in [-0.25, -0.2) is 0 Å². The molecule has 1 aromatic carbocycles. The second kappa shape index (κ2) is 6.89. The SMILES string of the molecule is CC1CCN(C(=O)c2ccc(NC(=O)C3(N)CC3)cc2)CC1.Cl. The van der Waals surface area contributed by atoms with E-state index < -0.39 is 5.54 Å². The molecule has 6 heteroatoms. The smallest absolute Gasteiger partial charge is 0.253 e. The number of hydrogen-bond acceptors (Lipinski definition) is 3. The number of nitrogens with one attached hydrogen (secondary N) is 1. The maximum atomic E-state index is 12.4. The summed E-state index contributed by atoms with van der Waals surface area (Å²) in [6, 6.07) is 7.07. The molecule has 0 aromatic heterocycles. The van der Waals surface area contributed by atoms with Crippen molar-refractivity contribution in [2.75, 3.05) is 18.4 Å². The van der Waals surface area contributed by atoms with E-state index in [9.17, 15) is 9.59 Å². The molecular formula is C17H24ClN3O2. The van der Waals surface area contributed by atoms with E-state index in [4.69, 9.17) is 5.73 Å². The highest BCUT2D eigenvalue weighted by Crippen LogP contribution is 2.33. The normalized spacial score (nSPS) is 19.7. The van der Waals surface area contributed by atoms with Gasteiger partial charge in [0, 0.05) is 24.3 Å². The summed E-state index contributed by atoms with van der Waals surface area (Å²) in [6.07, 6.45) is 3.61. The minimum Gasteiger partial charge on any atom is -0.339 e. The number of amides is 2. The van der Waals surface area contributed by atoms with Crippen LogP contribution in [0.15, 0.2) is 24.3 Å². The summed E-state index contributed by atoms with van der Waals surface area (Å²) >= 11 is 0. The molecule has 2 fully saturated rings. The summed E-state index contributed by atoms with van der Waals surface area (Å²) in [7, 11) is 0. The maximum absolute atomic E-state index is 12.4. The van der Waals surface area contributed by atoms with Crippen LogP contribution in [0.25, 0.3) is 0 Å². The van der Waals surface area contributed by atoms with Crippen molar-refractivity contribution in [3.63, 3.8) is 0 Å². The fourth-order valence-corrected chi connectivity index (χ4v) is 2.71. The number of nitrogens with two attached hydrogens (primary N) is 1. The molecule has 2 amide bonds. The van der Waals surface area contributed by atoms with Crippen LogP contribution in [-0.2, 0) is 4.79 Å². The Morgan fingerprint density at radius 3 is 2.26 bits per heavy atom. The number of hydrogen-bond donors (Lipinski definition) is 2. The number of anilines is 1. The Morgan fingerprint density at radius 2 is 1.74 bits per heavy atom. The van der Waals surface area contributed by atoms with Crippen LogP contribution in [0.1, 0.15) is 43.0 Å². The van der Waals surface area contributed by atoms with Gasteiger partial charge in [-0.1, -0.05) is 6.92 Å². The maximum Gasteiger partial charge on any atom is 0.253 e. The third kappa shape index (κ3) is 4.03. The Labute approximate surface area is 143 Å². The van der Waals surface area contributed by atoms with Crippen LogP contribution in [0.2, 0.25) is 0 Å². The first-order chi connectivity index (χ1) is 10.5. The zero-order chi connectivity index (χ0) is 15.7. The topological polar surface area (TPSA) is 75.4 Å². The molecule has 0 unspecified atom stereocenters. The number of nitrogens with zero attached hydrogens (tertiary/aromatic N) is 1. The van der Waals surface area contributed by atoms with Crippen LogP contribution in [0.5, 0.6) is 0 Å². The third-order valence-corrected chi connectivity index (χ3v) is 4.70. The van der Waals surface area contributed by atoms with E-state index in [1.165, 1.54) is 0 Å². The Kier molecular flexibility index (Phi) is 5.32. The third-order valence-electron chi connectivity index (χ3n) is 4.70. The van der Waals surface area contributed by atoms with Crippen molar-refractivity contribution >= 4 is 29.9 Å². The summed E-state index contributed by atoms with van der Waals surface area (Å²) in [5.41, 5.74) is 6.52. The second-order valence-electron chi connectivity index (χ2n) is 6.66. The van der Waals surface area contributed by atoms with Gasteiger partial charge in [-0.2, -0.15) is 0 Å². The average Bonchev–Trinajstić information content (AvgIpc) is 3.27. The van der Waals surface area contributed by atoms with E-state index in [0.717, 1.165) is 38.8 Å². The first-order valence-corrected chi connectivity index (χ1v) is 7.98. The molecule has 0 spiro atoms. The zero-order valence-electron chi connectivity index (χ0n) is 13.4. The van der Waals surface area contributed by atoms with Gasteiger partial charge in [0.05, 0.1) is 5.54 Å². The van der Waals surface area contributed by atoms with Crippen molar-refractivity contribution in [2.45, 2.75) is 38.1 Å². The van der Waals surface area contributed by atoms with E-state index in [-0.39, 0.29) is 24.2 Å². The van der Waals surface area contributed by atoms with E-state index in [2.05, 4.69) is 12.2 Å². The van der Waals surface area contributed by atoms with Gasteiger partial charge in [-0.15, -0.1) is 12.4 Å². The van der Waals surface area contributed by atoms with Gasteiger partial charge >= 0.3 is 0 Å². The number of benzene rings is 1. The minimum absolute atomic E-state index is 0. The van der Waals surface area contributed by atoms with E-state index in [1.54, 1.807) is 24.3 Å². The molecule has 2 aliphatic rings. The van der Waals surface area contributed by atoms with Crippen molar-refractivity contribution in [3.8, 4) is 0 Å². The first-order valence-electron chi connectivity index (χ1n) is 7.98. The lowest BCUT2D eigenvalue weighted by Gasteiger charge is -2.30. The average molecular weight is 338 g/mol. The van der Waals surface area contributed by atoms with E-state index >= 15 is 0 Å². The Bertz CT molecular complexity index is 576. The number of carbonyl (C=O) groups excluding carboxylic acids is 2.